The second kappa shape index (κ2) is 3.64. The van der Waals surface area contributed by atoms with Gasteiger partial charge in [0, 0.05) is 5.41 Å². The van der Waals surface area contributed by atoms with Crippen molar-refractivity contribution in [3.8, 4) is 11.5 Å². The van der Waals surface area contributed by atoms with Gasteiger partial charge in [-0.15, -0.1) is 0 Å². The van der Waals surface area contributed by atoms with Crippen LogP contribution in [0.4, 0.5) is 0 Å². The van der Waals surface area contributed by atoms with Crippen molar-refractivity contribution in [3.63, 3.8) is 0 Å². The van der Waals surface area contributed by atoms with Gasteiger partial charge in [0.25, 0.3) is 0 Å². The lowest BCUT2D eigenvalue weighted by Gasteiger charge is -2.68. The summed E-state index contributed by atoms with van der Waals surface area (Å²) in [5.74, 6) is 0.913. The van der Waals surface area contributed by atoms with Gasteiger partial charge in [-0.1, -0.05) is 0 Å². The molecule has 0 amide bonds. The maximum atomic E-state index is 11.5. The number of rotatable bonds is 4. The van der Waals surface area contributed by atoms with Crippen molar-refractivity contribution >= 4 is 5.97 Å². The van der Waals surface area contributed by atoms with Crippen LogP contribution in [0.5, 0.6) is 11.5 Å². The Morgan fingerprint density at radius 1 is 1.28 bits per heavy atom. The van der Waals surface area contributed by atoms with Gasteiger partial charge in [0.05, 0.1) is 19.1 Å². The fourth-order valence-corrected chi connectivity index (χ4v) is 3.36. The SMILES string of the molecule is COC(=O)C12CC(COc3ccc(O)cc3)(C1)C2. The molecule has 3 fully saturated rings. The number of carbonyl (C=O) groups is 1. The van der Waals surface area contributed by atoms with Crippen LogP contribution in [0, 0.1) is 10.8 Å². The van der Waals surface area contributed by atoms with E-state index in [2.05, 4.69) is 0 Å². The van der Waals surface area contributed by atoms with Crippen LogP contribution in [-0.2, 0) is 9.53 Å². The fourth-order valence-electron chi connectivity index (χ4n) is 3.36. The predicted molar refractivity (Wildman–Crippen MR) is 64.3 cm³/mol. The number of esters is 1. The zero-order chi connectivity index (χ0) is 12.8. The van der Waals surface area contributed by atoms with Crippen LogP contribution in [0.2, 0.25) is 0 Å². The molecule has 0 atom stereocenters. The van der Waals surface area contributed by atoms with E-state index in [1.165, 1.54) is 7.11 Å². The first-order chi connectivity index (χ1) is 8.57. The lowest BCUT2D eigenvalue weighted by Crippen LogP contribution is -2.67. The Hall–Kier alpha value is -1.71. The number of phenols is 1. The van der Waals surface area contributed by atoms with Gasteiger partial charge in [-0.2, -0.15) is 0 Å². The molecule has 0 heterocycles. The molecule has 96 valence electrons. The Morgan fingerprint density at radius 3 is 2.44 bits per heavy atom. The highest BCUT2D eigenvalue weighted by atomic mass is 16.5. The van der Waals surface area contributed by atoms with Crippen molar-refractivity contribution in [2.24, 2.45) is 10.8 Å². The van der Waals surface area contributed by atoms with E-state index in [-0.39, 0.29) is 22.5 Å². The summed E-state index contributed by atoms with van der Waals surface area (Å²) in [5.41, 5.74) is -0.0286. The first-order valence-corrected chi connectivity index (χ1v) is 6.08. The first-order valence-electron chi connectivity index (χ1n) is 6.08. The third-order valence-corrected chi connectivity index (χ3v) is 4.14. The molecule has 1 N–H and O–H groups in total. The minimum absolute atomic E-state index is 0.0750. The van der Waals surface area contributed by atoms with Crippen molar-refractivity contribution < 1.29 is 19.4 Å². The topological polar surface area (TPSA) is 55.8 Å². The Labute approximate surface area is 106 Å². The van der Waals surface area contributed by atoms with E-state index in [9.17, 15) is 4.79 Å². The summed E-state index contributed by atoms with van der Waals surface area (Å²) in [6, 6.07) is 6.70. The number of benzene rings is 1. The van der Waals surface area contributed by atoms with Crippen LogP contribution in [0.25, 0.3) is 0 Å². The molecule has 0 unspecified atom stereocenters. The normalized spacial score (nSPS) is 32.1. The molecule has 0 spiro atoms. The quantitative estimate of drug-likeness (QED) is 0.829. The molecule has 2 bridgehead atoms. The highest BCUT2D eigenvalue weighted by Gasteiger charge is 2.72. The molecule has 18 heavy (non-hydrogen) atoms. The van der Waals surface area contributed by atoms with Crippen molar-refractivity contribution in [1.29, 1.82) is 0 Å². The number of hydrogen-bond donors (Lipinski definition) is 1. The van der Waals surface area contributed by atoms with Crippen molar-refractivity contribution in [1.82, 2.24) is 0 Å². The zero-order valence-electron chi connectivity index (χ0n) is 10.3. The zero-order valence-corrected chi connectivity index (χ0v) is 10.3. The number of phenolic OH excluding ortho intramolecular Hbond substituents is 1. The van der Waals surface area contributed by atoms with Gasteiger partial charge in [0.15, 0.2) is 0 Å². The van der Waals surface area contributed by atoms with E-state index >= 15 is 0 Å². The van der Waals surface area contributed by atoms with Gasteiger partial charge in [-0.05, 0) is 43.5 Å². The highest BCUT2D eigenvalue weighted by Crippen LogP contribution is 2.73. The molecule has 4 heteroatoms. The predicted octanol–water partition coefficient (Wildman–Crippen LogP) is 2.11. The van der Waals surface area contributed by atoms with E-state index in [0.29, 0.717) is 6.61 Å². The van der Waals surface area contributed by atoms with Gasteiger partial charge >= 0.3 is 5.97 Å². The minimum Gasteiger partial charge on any atom is -0.508 e. The van der Waals surface area contributed by atoms with Crippen LogP contribution in [0.1, 0.15) is 19.3 Å². The van der Waals surface area contributed by atoms with Crippen LogP contribution in [0.15, 0.2) is 24.3 Å². The van der Waals surface area contributed by atoms with E-state index in [0.717, 1.165) is 25.0 Å². The Balaban J connectivity index is 1.53. The maximum absolute atomic E-state index is 11.5. The number of aromatic hydroxyl groups is 1. The van der Waals surface area contributed by atoms with Gasteiger partial charge < -0.3 is 14.6 Å². The Kier molecular flexibility index (Phi) is 2.30. The number of methoxy groups -OCH3 is 1. The highest BCUT2D eigenvalue weighted by molar-refractivity contribution is 5.81. The van der Waals surface area contributed by atoms with E-state index < -0.39 is 0 Å². The lowest BCUT2D eigenvalue weighted by atomic mass is 9.35. The lowest BCUT2D eigenvalue weighted by molar-refractivity contribution is -0.233. The number of ether oxygens (including phenoxy) is 2. The molecule has 0 radical (unpaired) electrons. The molecule has 0 aliphatic heterocycles. The molecule has 3 saturated carbocycles. The van der Waals surface area contributed by atoms with Gasteiger partial charge in [-0.25, -0.2) is 0 Å². The molecule has 3 aliphatic rings. The average molecular weight is 248 g/mol. The number of carbonyl (C=O) groups excluding carboxylic acids is 1. The molecular formula is C14H16O4. The largest absolute Gasteiger partial charge is 0.508 e. The summed E-state index contributed by atoms with van der Waals surface area (Å²) in [6.45, 7) is 0.635. The summed E-state index contributed by atoms with van der Waals surface area (Å²) < 4.78 is 10.5. The molecule has 4 rings (SSSR count). The Morgan fingerprint density at radius 2 is 1.89 bits per heavy atom. The van der Waals surface area contributed by atoms with Gasteiger partial charge in [0.1, 0.15) is 11.5 Å². The molecule has 1 aromatic rings. The summed E-state index contributed by atoms with van der Waals surface area (Å²) >= 11 is 0. The van der Waals surface area contributed by atoms with E-state index in [1.54, 1.807) is 24.3 Å². The van der Waals surface area contributed by atoms with Crippen molar-refractivity contribution in [2.45, 2.75) is 19.3 Å². The van der Waals surface area contributed by atoms with Crippen molar-refractivity contribution in [3.05, 3.63) is 24.3 Å². The maximum Gasteiger partial charge on any atom is 0.311 e. The standard InChI is InChI=1S/C14H16O4/c1-17-12(16)14-6-13(7-14,8-14)9-18-11-4-2-10(15)3-5-11/h2-5,15H,6-9H2,1H3. The second-order valence-corrected chi connectivity index (χ2v) is 5.58. The summed E-state index contributed by atoms with van der Waals surface area (Å²) in [7, 11) is 1.45. The number of hydrogen-bond acceptors (Lipinski definition) is 4. The van der Waals surface area contributed by atoms with Crippen LogP contribution < -0.4 is 4.74 Å². The fraction of sp³-hybridized carbons (Fsp3) is 0.500. The first kappa shape index (κ1) is 11.4. The van der Waals surface area contributed by atoms with Crippen LogP contribution in [0.3, 0.4) is 0 Å². The molecule has 1 aromatic carbocycles. The van der Waals surface area contributed by atoms with E-state index in [1.807, 2.05) is 0 Å². The smallest absolute Gasteiger partial charge is 0.311 e. The molecule has 4 nitrogen and oxygen atoms in total. The third-order valence-electron chi connectivity index (χ3n) is 4.14. The van der Waals surface area contributed by atoms with Crippen LogP contribution >= 0.6 is 0 Å². The third kappa shape index (κ3) is 1.55. The second-order valence-electron chi connectivity index (χ2n) is 5.58. The van der Waals surface area contributed by atoms with Crippen molar-refractivity contribution in [2.75, 3.05) is 13.7 Å². The van der Waals surface area contributed by atoms with Gasteiger partial charge in [0.2, 0.25) is 0 Å². The molecule has 3 aliphatic carbocycles. The van der Waals surface area contributed by atoms with E-state index in [4.69, 9.17) is 14.6 Å². The minimum atomic E-state index is -0.201. The molecule has 0 saturated heterocycles. The summed E-state index contributed by atoms with van der Waals surface area (Å²) in [4.78, 5) is 11.5. The molecular weight excluding hydrogens is 232 g/mol. The van der Waals surface area contributed by atoms with Gasteiger partial charge in [-0.3, -0.25) is 4.79 Å². The monoisotopic (exact) mass is 248 g/mol. The summed E-state index contributed by atoms with van der Waals surface area (Å²) in [5, 5.41) is 9.17. The Bertz CT molecular complexity index is 457. The average Bonchev–Trinajstić information content (AvgIpc) is 2.27. The molecule has 0 aromatic heterocycles. The van der Waals surface area contributed by atoms with Crippen LogP contribution in [-0.4, -0.2) is 24.8 Å². The summed E-state index contributed by atoms with van der Waals surface area (Å²) in [6.07, 6.45) is 2.64.